The number of aromatic nitrogens is 2. The molecule has 1 heterocycles. The summed E-state index contributed by atoms with van der Waals surface area (Å²) in [5.41, 5.74) is 4.87. The van der Waals surface area contributed by atoms with Crippen LogP contribution in [0.1, 0.15) is 36.4 Å². The molecule has 27 heavy (non-hydrogen) atoms. The van der Waals surface area contributed by atoms with E-state index >= 15 is 0 Å². The Morgan fingerprint density at radius 1 is 1.26 bits per heavy atom. The minimum absolute atomic E-state index is 0. The van der Waals surface area contributed by atoms with Crippen LogP contribution in [0.4, 0.5) is 0 Å². The quantitative estimate of drug-likeness (QED) is 0.341. The lowest BCUT2D eigenvalue weighted by molar-refractivity contribution is 0.635. The molecule has 2 rings (SSSR count). The Kier molecular flexibility index (Phi) is 10.2. The Labute approximate surface area is 185 Å². The van der Waals surface area contributed by atoms with Crippen LogP contribution in [0, 0.1) is 13.8 Å². The fourth-order valence-electron chi connectivity index (χ4n) is 2.97. The SMILES string of the molecule is CCNC(=NCCc1ccc(Cl)cc1)NC(C)Cc1c(C)nn(C)c1C.I. The van der Waals surface area contributed by atoms with Crippen LogP contribution in [0.5, 0.6) is 0 Å². The van der Waals surface area contributed by atoms with E-state index in [0.29, 0.717) is 0 Å². The van der Waals surface area contributed by atoms with E-state index in [2.05, 4.69) is 55.6 Å². The van der Waals surface area contributed by atoms with Gasteiger partial charge in [0.1, 0.15) is 0 Å². The monoisotopic (exact) mass is 503 g/mol. The molecule has 0 spiro atoms. The molecule has 1 atom stereocenters. The summed E-state index contributed by atoms with van der Waals surface area (Å²) in [5, 5.41) is 12.1. The number of nitrogens with zero attached hydrogens (tertiary/aromatic N) is 3. The zero-order valence-corrected chi connectivity index (χ0v) is 19.9. The van der Waals surface area contributed by atoms with Crippen molar-refractivity contribution in [1.82, 2.24) is 20.4 Å². The summed E-state index contributed by atoms with van der Waals surface area (Å²) in [6.07, 6.45) is 1.82. The molecule has 1 unspecified atom stereocenters. The van der Waals surface area contributed by atoms with Crippen molar-refractivity contribution in [2.24, 2.45) is 12.0 Å². The summed E-state index contributed by atoms with van der Waals surface area (Å²) in [6, 6.07) is 8.21. The van der Waals surface area contributed by atoms with Gasteiger partial charge in [-0.05, 0) is 63.8 Å². The first-order valence-electron chi connectivity index (χ1n) is 9.19. The molecule has 0 aliphatic heterocycles. The van der Waals surface area contributed by atoms with Gasteiger partial charge in [0.25, 0.3) is 0 Å². The summed E-state index contributed by atoms with van der Waals surface area (Å²) < 4.78 is 1.95. The standard InChI is InChI=1S/C20H30ClN5.HI/c1-6-22-20(23-12-11-17-7-9-18(21)10-8-17)24-14(2)13-19-15(3)25-26(5)16(19)4;/h7-10,14H,6,11-13H2,1-5H3,(H2,22,23,24);1H. The second-order valence-electron chi connectivity index (χ2n) is 6.66. The summed E-state index contributed by atoms with van der Waals surface area (Å²) in [5.74, 6) is 0.855. The number of hydrogen-bond donors (Lipinski definition) is 2. The highest BCUT2D eigenvalue weighted by molar-refractivity contribution is 14.0. The molecule has 0 saturated carbocycles. The number of rotatable bonds is 7. The van der Waals surface area contributed by atoms with Crippen LogP contribution in [0.2, 0.25) is 5.02 Å². The molecule has 0 saturated heterocycles. The van der Waals surface area contributed by atoms with E-state index in [1.54, 1.807) is 0 Å². The van der Waals surface area contributed by atoms with Crippen molar-refractivity contribution in [3.63, 3.8) is 0 Å². The minimum atomic E-state index is 0. The lowest BCUT2D eigenvalue weighted by atomic mass is 10.1. The molecular formula is C20H31ClIN5. The fourth-order valence-corrected chi connectivity index (χ4v) is 3.10. The molecular weight excluding hydrogens is 473 g/mol. The first kappa shape index (κ1) is 23.8. The predicted molar refractivity (Wildman–Crippen MR) is 126 cm³/mol. The van der Waals surface area contributed by atoms with E-state index in [4.69, 9.17) is 16.6 Å². The number of aliphatic imine (C=N–C) groups is 1. The topological polar surface area (TPSA) is 54.2 Å². The molecule has 0 fully saturated rings. The van der Waals surface area contributed by atoms with Gasteiger partial charge in [-0.3, -0.25) is 9.67 Å². The third-order valence-electron chi connectivity index (χ3n) is 4.48. The van der Waals surface area contributed by atoms with Crippen molar-refractivity contribution in [3.8, 4) is 0 Å². The van der Waals surface area contributed by atoms with Crippen LogP contribution < -0.4 is 10.6 Å². The first-order valence-corrected chi connectivity index (χ1v) is 9.56. The van der Waals surface area contributed by atoms with Crippen LogP contribution in [0.15, 0.2) is 29.3 Å². The summed E-state index contributed by atoms with van der Waals surface area (Å²) in [6.45, 7) is 10.0. The lowest BCUT2D eigenvalue weighted by Gasteiger charge is -2.18. The third-order valence-corrected chi connectivity index (χ3v) is 4.73. The van der Waals surface area contributed by atoms with Crippen molar-refractivity contribution in [2.45, 2.75) is 46.6 Å². The lowest BCUT2D eigenvalue weighted by Crippen LogP contribution is -2.43. The van der Waals surface area contributed by atoms with Crippen LogP contribution in [-0.4, -0.2) is 34.9 Å². The van der Waals surface area contributed by atoms with E-state index in [1.165, 1.54) is 16.8 Å². The molecule has 7 heteroatoms. The van der Waals surface area contributed by atoms with E-state index in [-0.39, 0.29) is 30.0 Å². The Hall–Kier alpha value is -1.28. The zero-order chi connectivity index (χ0) is 19.1. The number of benzene rings is 1. The largest absolute Gasteiger partial charge is 0.357 e. The van der Waals surface area contributed by atoms with Crippen molar-refractivity contribution >= 4 is 41.5 Å². The molecule has 1 aromatic heterocycles. The van der Waals surface area contributed by atoms with E-state index in [0.717, 1.165) is 42.6 Å². The summed E-state index contributed by atoms with van der Waals surface area (Å²) in [7, 11) is 1.99. The molecule has 1 aromatic carbocycles. The van der Waals surface area contributed by atoms with Crippen molar-refractivity contribution in [3.05, 3.63) is 51.8 Å². The van der Waals surface area contributed by atoms with Gasteiger partial charge >= 0.3 is 0 Å². The average molecular weight is 504 g/mol. The van der Waals surface area contributed by atoms with E-state index in [9.17, 15) is 0 Å². The minimum Gasteiger partial charge on any atom is -0.357 e. The maximum absolute atomic E-state index is 5.93. The molecule has 0 radical (unpaired) electrons. The van der Waals surface area contributed by atoms with Gasteiger partial charge in [-0.2, -0.15) is 5.10 Å². The first-order chi connectivity index (χ1) is 12.4. The molecule has 0 bridgehead atoms. The van der Waals surface area contributed by atoms with Gasteiger partial charge in [0.2, 0.25) is 0 Å². The predicted octanol–water partition coefficient (Wildman–Crippen LogP) is 4.04. The molecule has 2 N–H and O–H groups in total. The molecule has 0 amide bonds. The highest BCUT2D eigenvalue weighted by atomic mass is 127. The second-order valence-corrected chi connectivity index (χ2v) is 7.10. The number of nitrogens with one attached hydrogen (secondary N) is 2. The molecule has 2 aromatic rings. The Morgan fingerprint density at radius 2 is 1.93 bits per heavy atom. The van der Waals surface area contributed by atoms with Gasteiger partial charge in [-0.15, -0.1) is 24.0 Å². The number of aryl methyl sites for hydroxylation is 2. The third kappa shape index (κ3) is 7.33. The van der Waals surface area contributed by atoms with Gasteiger partial charge in [-0.25, -0.2) is 0 Å². The van der Waals surface area contributed by atoms with Crippen LogP contribution in [-0.2, 0) is 19.9 Å². The Balaban J connectivity index is 0.00000364. The van der Waals surface area contributed by atoms with Gasteiger partial charge in [0, 0.05) is 36.9 Å². The second kappa shape index (κ2) is 11.5. The molecule has 5 nitrogen and oxygen atoms in total. The normalized spacial score (nSPS) is 12.4. The van der Waals surface area contributed by atoms with Crippen LogP contribution in [0.25, 0.3) is 0 Å². The number of guanidine groups is 1. The highest BCUT2D eigenvalue weighted by Crippen LogP contribution is 2.14. The maximum atomic E-state index is 5.93. The maximum Gasteiger partial charge on any atom is 0.191 e. The van der Waals surface area contributed by atoms with E-state index < -0.39 is 0 Å². The van der Waals surface area contributed by atoms with E-state index in [1.807, 2.05) is 23.9 Å². The van der Waals surface area contributed by atoms with Crippen LogP contribution >= 0.6 is 35.6 Å². The van der Waals surface area contributed by atoms with Gasteiger partial charge in [0.15, 0.2) is 5.96 Å². The van der Waals surface area contributed by atoms with Crippen molar-refractivity contribution in [2.75, 3.05) is 13.1 Å². The van der Waals surface area contributed by atoms with Crippen molar-refractivity contribution in [1.29, 1.82) is 0 Å². The van der Waals surface area contributed by atoms with Gasteiger partial charge in [0.05, 0.1) is 5.69 Å². The van der Waals surface area contributed by atoms with Gasteiger partial charge < -0.3 is 10.6 Å². The van der Waals surface area contributed by atoms with Crippen molar-refractivity contribution < 1.29 is 0 Å². The number of halogens is 2. The Bertz CT molecular complexity index is 740. The fraction of sp³-hybridized carbons (Fsp3) is 0.500. The van der Waals surface area contributed by atoms with Crippen LogP contribution in [0.3, 0.4) is 0 Å². The zero-order valence-electron chi connectivity index (χ0n) is 16.8. The summed E-state index contributed by atoms with van der Waals surface area (Å²) >= 11 is 5.93. The number of hydrogen-bond acceptors (Lipinski definition) is 2. The smallest absolute Gasteiger partial charge is 0.191 e. The highest BCUT2D eigenvalue weighted by Gasteiger charge is 2.13. The molecule has 0 aliphatic carbocycles. The molecule has 150 valence electrons. The van der Waals surface area contributed by atoms with Gasteiger partial charge in [-0.1, -0.05) is 23.7 Å². The Morgan fingerprint density at radius 3 is 2.48 bits per heavy atom. The summed E-state index contributed by atoms with van der Waals surface area (Å²) in [4.78, 5) is 4.70. The molecule has 0 aliphatic rings. The average Bonchev–Trinajstić information content (AvgIpc) is 2.83.